The molecular formula is C15H22FNO. The van der Waals surface area contributed by atoms with Crippen molar-refractivity contribution in [2.24, 2.45) is 0 Å². The first kappa shape index (κ1) is 13.3. The van der Waals surface area contributed by atoms with Crippen LogP contribution in [-0.2, 0) is 6.42 Å². The maximum absolute atomic E-state index is 13.1. The van der Waals surface area contributed by atoms with E-state index in [0.29, 0.717) is 0 Å². The van der Waals surface area contributed by atoms with E-state index in [1.54, 1.807) is 12.1 Å². The molecule has 1 aliphatic heterocycles. The highest BCUT2D eigenvalue weighted by atomic mass is 19.1. The van der Waals surface area contributed by atoms with E-state index in [4.69, 9.17) is 4.74 Å². The van der Waals surface area contributed by atoms with Gasteiger partial charge in [-0.2, -0.15) is 0 Å². The predicted octanol–water partition coefficient (Wildman–Crippen LogP) is 3.30. The molecule has 1 aliphatic rings. The minimum Gasteiger partial charge on any atom is -0.488 e. The van der Waals surface area contributed by atoms with Gasteiger partial charge in [-0.3, -0.25) is 0 Å². The third kappa shape index (κ3) is 3.22. The molecule has 1 atom stereocenters. The maximum atomic E-state index is 13.1. The van der Waals surface area contributed by atoms with Crippen molar-refractivity contribution in [3.05, 3.63) is 29.6 Å². The Morgan fingerprint density at radius 1 is 1.44 bits per heavy atom. The standard InChI is InChI=1S/C15H22FNO/c1-4-7-15(2,3)17-10-13-9-11-8-12(16)5-6-14(11)18-13/h5-6,8,13,17H,4,7,9-10H2,1-3H3. The van der Waals surface area contributed by atoms with Crippen molar-refractivity contribution in [1.82, 2.24) is 5.32 Å². The van der Waals surface area contributed by atoms with Gasteiger partial charge in [0.2, 0.25) is 0 Å². The lowest BCUT2D eigenvalue weighted by Gasteiger charge is -2.27. The van der Waals surface area contributed by atoms with E-state index in [9.17, 15) is 4.39 Å². The van der Waals surface area contributed by atoms with Crippen molar-refractivity contribution in [2.75, 3.05) is 6.54 Å². The Morgan fingerprint density at radius 2 is 2.22 bits per heavy atom. The fourth-order valence-electron chi connectivity index (χ4n) is 2.51. The number of rotatable bonds is 5. The van der Waals surface area contributed by atoms with E-state index < -0.39 is 0 Å². The number of ether oxygens (including phenoxy) is 1. The van der Waals surface area contributed by atoms with Crippen LogP contribution in [0, 0.1) is 5.82 Å². The number of hydrogen-bond donors (Lipinski definition) is 1. The lowest BCUT2D eigenvalue weighted by molar-refractivity contribution is 0.205. The first-order valence-electron chi connectivity index (χ1n) is 6.70. The summed E-state index contributed by atoms with van der Waals surface area (Å²) in [5, 5.41) is 3.53. The van der Waals surface area contributed by atoms with Gasteiger partial charge in [0.05, 0.1) is 0 Å². The molecule has 0 aliphatic carbocycles. The molecule has 0 spiro atoms. The van der Waals surface area contributed by atoms with Crippen molar-refractivity contribution in [1.29, 1.82) is 0 Å². The van der Waals surface area contributed by atoms with Crippen LogP contribution in [0.3, 0.4) is 0 Å². The van der Waals surface area contributed by atoms with E-state index in [0.717, 1.165) is 37.1 Å². The van der Waals surface area contributed by atoms with Crippen molar-refractivity contribution >= 4 is 0 Å². The Morgan fingerprint density at radius 3 is 2.94 bits per heavy atom. The second-order valence-electron chi connectivity index (χ2n) is 5.71. The van der Waals surface area contributed by atoms with E-state index in [2.05, 4.69) is 26.1 Å². The minimum absolute atomic E-state index is 0.123. The van der Waals surface area contributed by atoms with Gasteiger partial charge in [0.25, 0.3) is 0 Å². The molecule has 2 nitrogen and oxygen atoms in total. The Bertz CT molecular complexity index is 417. The summed E-state index contributed by atoms with van der Waals surface area (Å²) in [6.45, 7) is 7.41. The highest BCUT2D eigenvalue weighted by molar-refractivity contribution is 5.37. The molecular weight excluding hydrogens is 229 g/mol. The van der Waals surface area contributed by atoms with Gasteiger partial charge in [0.1, 0.15) is 17.7 Å². The molecule has 1 unspecified atom stereocenters. The molecule has 3 heteroatoms. The van der Waals surface area contributed by atoms with Gasteiger partial charge in [-0.1, -0.05) is 13.3 Å². The molecule has 0 amide bonds. The largest absolute Gasteiger partial charge is 0.488 e. The summed E-state index contributed by atoms with van der Waals surface area (Å²) in [6, 6.07) is 4.75. The van der Waals surface area contributed by atoms with Crippen LogP contribution >= 0.6 is 0 Å². The summed E-state index contributed by atoms with van der Waals surface area (Å²) in [6.07, 6.45) is 3.22. The normalized spacial score (nSPS) is 18.6. The number of fused-ring (bicyclic) bond motifs is 1. The lowest BCUT2D eigenvalue weighted by atomic mass is 9.98. The Balaban J connectivity index is 1.88. The topological polar surface area (TPSA) is 21.3 Å². The average molecular weight is 251 g/mol. The summed E-state index contributed by atoms with van der Waals surface area (Å²) in [5.74, 6) is 0.647. The molecule has 2 rings (SSSR count). The number of halogens is 1. The Labute approximate surface area is 109 Å². The van der Waals surface area contributed by atoms with Gasteiger partial charge in [0, 0.05) is 24.1 Å². The van der Waals surface area contributed by atoms with E-state index in [1.807, 2.05) is 0 Å². The molecule has 0 saturated carbocycles. The van der Waals surface area contributed by atoms with Crippen molar-refractivity contribution in [3.8, 4) is 5.75 Å². The summed E-state index contributed by atoms with van der Waals surface area (Å²) in [5.41, 5.74) is 1.12. The molecule has 0 saturated heterocycles. The van der Waals surface area contributed by atoms with E-state index in [1.165, 1.54) is 6.07 Å². The van der Waals surface area contributed by atoms with Crippen LogP contribution in [0.15, 0.2) is 18.2 Å². The van der Waals surface area contributed by atoms with Gasteiger partial charge in [-0.15, -0.1) is 0 Å². The molecule has 1 aromatic carbocycles. The van der Waals surface area contributed by atoms with Crippen LogP contribution < -0.4 is 10.1 Å². The third-order valence-corrected chi connectivity index (χ3v) is 3.45. The molecule has 18 heavy (non-hydrogen) atoms. The summed E-state index contributed by atoms with van der Waals surface area (Å²) in [7, 11) is 0. The molecule has 1 heterocycles. The second-order valence-corrected chi connectivity index (χ2v) is 5.71. The Hall–Kier alpha value is -1.09. The Kier molecular flexibility index (Phi) is 3.91. The number of nitrogens with one attached hydrogen (secondary N) is 1. The molecule has 0 bridgehead atoms. The molecule has 1 N–H and O–H groups in total. The van der Waals surface area contributed by atoms with Crippen LogP contribution in [0.1, 0.15) is 39.2 Å². The van der Waals surface area contributed by atoms with Crippen molar-refractivity contribution in [3.63, 3.8) is 0 Å². The van der Waals surface area contributed by atoms with Gasteiger partial charge in [-0.25, -0.2) is 4.39 Å². The minimum atomic E-state index is -0.183. The monoisotopic (exact) mass is 251 g/mol. The predicted molar refractivity (Wildman–Crippen MR) is 71.5 cm³/mol. The van der Waals surface area contributed by atoms with Crippen molar-refractivity contribution in [2.45, 2.75) is 51.7 Å². The quantitative estimate of drug-likeness (QED) is 0.867. The zero-order chi connectivity index (χ0) is 13.2. The highest BCUT2D eigenvalue weighted by Gasteiger charge is 2.25. The van der Waals surface area contributed by atoms with Crippen LogP contribution in [0.2, 0.25) is 0 Å². The van der Waals surface area contributed by atoms with Crippen LogP contribution in [-0.4, -0.2) is 18.2 Å². The van der Waals surface area contributed by atoms with Gasteiger partial charge < -0.3 is 10.1 Å². The van der Waals surface area contributed by atoms with Crippen molar-refractivity contribution < 1.29 is 9.13 Å². The summed E-state index contributed by atoms with van der Waals surface area (Å²) < 4.78 is 18.9. The molecule has 0 aromatic heterocycles. The molecule has 1 aromatic rings. The average Bonchev–Trinajstić information content (AvgIpc) is 2.68. The fraction of sp³-hybridized carbons (Fsp3) is 0.600. The molecule has 0 radical (unpaired) electrons. The summed E-state index contributed by atoms with van der Waals surface area (Å²) in [4.78, 5) is 0. The maximum Gasteiger partial charge on any atom is 0.123 e. The first-order valence-corrected chi connectivity index (χ1v) is 6.70. The van der Waals surface area contributed by atoms with Gasteiger partial charge >= 0.3 is 0 Å². The van der Waals surface area contributed by atoms with Crippen LogP contribution in [0.4, 0.5) is 4.39 Å². The first-order chi connectivity index (χ1) is 8.50. The third-order valence-electron chi connectivity index (χ3n) is 3.45. The molecule has 0 fully saturated rings. The summed E-state index contributed by atoms with van der Waals surface area (Å²) >= 11 is 0. The van der Waals surface area contributed by atoms with Gasteiger partial charge in [0.15, 0.2) is 0 Å². The van der Waals surface area contributed by atoms with Crippen LogP contribution in [0.25, 0.3) is 0 Å². The van der Waals surface area contributed by atoms with Crippen LogP contribution in [0.5, 0.6) is 5.75 Å². The van der Waals surface area contributed by atoms with Gasteiger partial charge in [-0.05, 0) is 38.5 Å². The zero-order valence-electron chi connectivity index (χ0n) is 11.4. The highest BCUT2D eigenvalue weighted by Crippen LogP contribution is 2.29. The number of hydrogen-bond acceptors (Lipinski definition) is 2. The molecule has 100 valence electrons. The van der Waals surface area contributed by atoms with E-state index >= 15 is 0 Å². The number of benzene rings is 1. The zero-order valence-corrected chi connectivity index (χ0v) is 11.4. The fourth-order valence-corrected chi connectivity index (χ4v) is 2.51. The van der Waals surface area contributed by atoms with E-state index in [-0.39, 0.29) is 17.5 Å². The smallest absolute Gasteiger partial charge is 0.123 e. The SMILES string of the molecule is CCCC(C)(C)NCC1Cc2cc(F)ccc2O1. The second kappa shape index (κ2) is 5.27. The lowest BCUT2D eigenvalue weighted by Crippen LogP contribution is -2.44.